The zero-order valence-corrected chi connectivity index (χ0v) is 17.5. The molecule has 0 N–H and O–H groups in total. The van der Waals surface area contributed by atoms with Crippen molar-refractivity contribution < 1.29 is 14.1 Å². The van der Waals surface area contributed by atoms with Crippen molar-refractivity contribution in [3.05, 3.63) is 65.5 Å². The molecule has 1 aliphatic rings. The number of aryl methyl sites for hydroxylation is 1. The lowest BCUT2D eigenvalue weighted by molar-refractivity contribution is 0.0340. The standard InChI is InChI=1S/C23H23N5O3/c1-3-4-19-21-18(11-20(16-5-6-16)26-22(21)31-27-19)23(29)30-14(2)15-7-9-17(10-8-15)28-13-24-12-25-28/h7-14,16H,3-6H2,1-2H3. The highest BCUT2D eigenvalue weighted by Gasteiger charge is 2.30. The van der Waals surface area contributed by atoms with Gasteiger partial charge < -0.3 is 9.26 Å². The molecule has 0 amide bonds. The fourth-order valence-electron chi connectivity index (χ4n) is 3.72. The van der Waals surface area contributed by atoms with E-state index in [0.29, 0.717) is 22.6 Å². The molecule has 1 saturated carbocycles. The van der Waals surface area contributed by atoms with E-state index in [9.17, 15) is 4.79 Å². The molecule has 8 heteroatoms. The lowest BCUT2D eigenvalue weighted by atomic mass is 10.1. The summed E-state index contributed by atoms with van der Waals surface area (Å²) in [6.07, 6.45) is 6.49. The third-order valence-corrected chi connectivity index (χ3v) is 5.57. The normalized spacial score (nSPS) is 14.6. The van der Waals surface area contributed by atoms with E-state index in [1.165, 1.54) is 6.33 Å². The molecular weight excluding hydrogens is 394 g/mol. The number of pyridine rings is 1. The van der Waals surface area contributed by atoms with Gasteiger partial charge in [-0.25, -0.2) is 19.4 Å². The second-order valence-electron chi connectivity index (χ2n) is 7.91. The van der Waals surface area contributed by atoms with Crippen molar-refractivity contribution in [3.8, 4) is 5.69 Å². The highest BCUT2D eigenvalue weighted by Crippen LogP contribution is 2.41. The maximum Gasteiger partial charge on any atom is 0.339 e. The molecule has 3 aromatic heterocycles. The fraction of sp³-hybridized carbons (Fsp3) is 0.348. The minimum absolute atomic E-state index is 0.386. The van der Waals surface area contributed by atoms with Crippen LogP contribution in [0, 0.1) is 0 Å². The van der Waals surface area contributed by atoms with Crippen molar-refractivity contribution in [2.75, 3.05) is 0 Å². The van der Waals surface area contributed by atoms with E-state index in [0.717, 1.165) is 48.3 Å². The van der Waals surface area contributed by atoms with Crippen LogP contribution in [0.25, 0.3) is 16.8 Å². The molecular formula is C23H23N5O3. The van der Waals surface area contributed by atoms with Crippen LogP contribution in [0.5, 0.6) is 0 Å². The minimum atomic E-state index is -0.417. The van der Waals surface area contributed by atoms with Crippen molar-refractivity contribution >= 4 is 17.1 Å². The van der Waals surface area contributed by atoms with Gasteiger partial charge in [0, 0.05) is 11.6 Å². The summed E-state index contributed by atoms with van der Waals surface area (Å²) in [6, 6.07) is 9.55. The Hall–Kier alpha value is -3.55. The van der Waals surface area contributed by atoms with Crippen molar-refractivity contribution in [2.24, 2.45) is 0 Å². The molecule has 1 unspecified atom stereocenters. The topological polar surface area (TPSA) is 95.9 Å². The second-order valence-corrected chi connectivity index (χ2v) is 7.91. The third-order valence-electron chi connectivity index (χ3n) is 5.57. The molecule has 0 bridgehead atoms. The first-order valence-electron chi connectivity index (χ1n) is 10.6. The summed E-state index contributed by atoms with van der Waals surface area (Å²) in [5.74, 6) is 0.000125. The Morgan fingerprint density at radius 1 is 1.29 bits per heavy atom. The van der Waals surface area contributed by atoms with Crippen LogP contribution >= 0.6 is 0 Å². The number of hydrogen-bond donors (Lipinski definition) is 0. The average molecular weight is 417 g/mol. The number of carbonyl (C=O) groups excluding carboxylic acids is 1. The summed E-state index contributed by atoms with van der Waals surface area (Å²) >= 11 is 0. The van der Waals surface area contributed by atoms with Gasteiger partial charge in [-0.05, 0) is 49.9 Å². The predicted molar refractivity (Wildman–Crippen MR) is 113 cm³/mol. The van der Waals surface area contributed by atoms with E-state index < -0.39 is 6.10 Å². The van der Waals surface area contributed by atoms with Gasteiger partial charge in [0.2, 0.25) is 0 Å². The monoisotopic (exact) mass is 417 g/mol. The number of benzene rings is 1. The van der Waals surface area contributed by atoms with E-state index in [2.05, 4.69) is 27.1 Å². The lowest BCUT2D eigenvalue weighted by Crippen LogP contribution is -2.11. The molecule has 0 aliphatic heterocycles. The number of fused-ring (bicyclic) bond motifs is 1. The summed E-state index contributed by atoms with van der Waals surface area (Å²) in [6.45, 7) is 3.93. The first-order chi connectivity index (χ1) is 15.1. The minimum Gasteiger partial charge on any atom is -0.454 e. The quantitative estimate of drug-likeness (QED) is 0.407. The molecule has 8 nitrogen and oxygen atoms in total. The maximum absolute atomic E-state index is 13.2. The van der Waals surface area contributed by atoms with Crippen LogP contribution in [0.1, 0.15) is 72.4 Å². The predicted octanol–water partition coefficient (Wildman–Crippen LogP) is 4.55. The molecule has 158 valence electrons. The number of nitrogens with zero attached hydrogens (tertiary/aromatic N) is 5. The van der Waals surface area contributed by atoms with Crippen LogP contribution in [0.4, 0.5) is 0 Å². The van der Waals surface area contributed by atoms with Gasteiger partial charge in [-0.3, -0.25) is 0 Å². The molecule has 31 heavy (non-hydrogen) atoms. The van der Waals surface area contributed by atoms with Crippen LogP contribution < -0.4 is 0 Å². The molecule has 1 atom stereocenters. The molecule has 4 aromatic rings. The second kappa shape index (κ2) is 7.94. The van der Waals surface area contributed by atoms with Gasteiger partial charge in [-0.15, -0.1) is 0 Å². The number of hydrogen-bond acceptors (Lipinski definition) is 7. The van der Waals surface area contributed by atoms with Crippen LogP contribution in [0.2, 0.25) is 0 Å². The fourth-order valence-corrected chi connectivity index (χ4v) is 3.72. The van der Waals surface area contributed by atoms with Crippen LogP contribution in [0.3, 0.4) is 0 Å². The van der Waals surface area contributed by atoms with Gasteiger partial charge >= 0.3 is 5.97 Å². The van der Waals surface area contributed by atoms with Gasteiger partial charge in [0.15, 0.2) is 0 Å². The zero-order valence-electron chi connectivity index (χ0n) is 17.5. The Morgan fingerprint density at radius 3 is 2.77 bits per heavy atom. The zero-order chi connectivity index (χ0) is 21.4. The Kier molecular flexibility index (Phi) is 4.97. The van der Waals surface area contributed by atoms with Gasteiger partial charge in [-0.2, -0.15) is 5.10 Å². The summed E-state index contributed by atoms with van der Waals surface area (Å²) in [5.41, 5.74) is 4.32. The van der Waals surface area contributed by atoms with Crippen LogP contribution in [0.15, 0.2) is 47.5 Å². The van der Waals surface area contributed by atoms with E-state index in [-0.39, 0.29) is 5.97 Å². The number of rotatable bonds is 7. The number of aromatic nitrogens is 5. The molecule has 3 heterocycles. The maximum atomic E-state index is 13.2. The summed E-state index contributed by atoms with van der Waals surface area (Å²) in [7, 11) is 0. The number of carbonyl (C=O) groups is 1. The van der Waals surface area contributed by atoms with Crippen molar-refractivity contribution in [2.45, 2.75) is 51.6 Å². The van der Waals surface area contributed by atoms with E-state index >= 15 is 0 Å². The summed E-state index contributed by atoms with van der Waals surface area (Å²) in [5, 5.41) is 8.96. The molecule has 0 saturated heterocycles. The summed E-state index contributed by atoms with van der Waals surface area (Å²) in [4.78, 5) is 21.8. The Labute approximate surface area is 179 Å². The highest BCUT2D eigenvalue weighted by atomic mass is 16.5. The third kappa shape index (κ3) is 3.81. The van der Waals surface area contributed by atoms with Gasteiger partial charge in [0.1, 0.15) is 18.8 Å². The van der Waals surface area contributed by atoms with E-state index in [1.807, 2.05) is 37.3 Å². The molecule has 1 aliphatic carbocycles. The van der Waals surface area contributed by atoms with E-state index in [1.54, 1.807) is 11.0 Å². The van der Waals surface area contributed by atoms with Gasteiger partial charge in [-0.1, -0.05) is 30.6 Å². The highest BCUT2D eigenvalue weighted by molar-refractivity contribution is 6.03. The summed E-state index contributed by atoms with van der Waals surface area (Å²) < 4.78 is 13.0. The Bertz CT molecular complexity index is 1210. The van der Waals surface area contributed by atoms with Crippen molar-refractivity contribution in [1.82, 2.24) is 24.9 Å². The van der Waals surface area contributed by atoms with Crippen molar-refractivity contribution in [3.63, 3.8) is 0 Å². The first kappa shape index (κ1) is 19.4. The first-order valence-corrected chi connectivity index (χ1v) is 10.6. The molecule has 0 spiro atoms. The van der Waals surface area contributed by atoms with Crippen LogP contribution in [-0.4, -0.2) is 30.9 Å². The lowest BCUT2D eigenvalue weighted by Gasteiger charge is -2.15. The van der Waals surface area contributed by atoms with Gasteiger partial charge in [0.25, 0.3) is 5.71 Å². The molecule has 1 aromatic carbocycles. The van der Waals surface area contributed by atoms with Crippen molar-refractivity contribution in [1.29, 1.82) is 0 Å². The molecule has 5 rings (SSSR count). The number of ether oxygens (including phenoxy) is 1. The molecule has 0 radical (unpaired) electrons. The number of esters is 1. The Balaban J connectivity index is 1.42. The molecule has 1 fully saturated rings. The van der Waals surface area contributed by atoms with Crippen LogP contribution in [-0.2, 0) is 11.2 Å². The SMILES string of the molecule is CCCc1noc2nc(C3CC3)cc(C(=O)OC(C)c3ccc(-n4cncn4)cc3)c12. The van der Waals surface area contributed by atoms with Gasteiger partial charge in [0.05, 0.1) is 22.3 Å². The van der Waals surface area contributed by atoms with E-state index in [4.69, 9.17) is 9.26 Å². The Morgan fingerprint density at radius 2 is 2.10 bits per heavy atom. The largest absolute Gasteiger partial charge is 0.454 e. The average Bonchev–Trinajstić information content (AvgIpc) is 3.34. The smallest absolute Gasteiger partial charge is 0.339 e.